The molecule has 0 radical (unpaired) electrons. The van der Waals surface area contributed by atoms with Crippen LogP contribution in [-0.4, -0.2) is 21.8 Å². The Hall–Kier alpha value is -2.76. The molecule has 1 aromatic carbocycles. The van der Waals surface area contributed by atoms with Crippen LogP contribution < -0.4 is 4.74 Å². The van der Waals surface area contributed by atoms with E-state index in [4.69, 9.17) is 4.74 Å². The SMILES string of the molecule is Cc1ccc(C(=O)[C@@H](C)Oc2cccnc2[N+](=O)[O-])cc1. The number of aromatic nitrogens is 1. The normalized spacial score (nSPS) is 11.7. The van der Waals surface area contributed by atoms with Crippen LogP contribution in [0.25, 0.3) is 0 Å². The molecule has 0 N–H and O–H groups in total. The van der Waals surface area contributed by atoms with Crippen molar-refractivity contribution in [2.45, 2.75) is 20.0 Å². The van der Waals surface area contributed by atoms with E-state index in [-0.39, 0.29) is 11.5 Å². The fraction of sp³-hybridized carbons (Fsp3) is 0.200. The van der Waals surface area contributed by atoms with Gasteiger partial charge in [-0.15, -0.1) is 0 Å². The number of pyridine rings is 1. The van der Waals surface area contributed by atoms with Crippen LogP contribution in [0.15, 0.2) is 42.6 Å². The third-order valence-corrected chi connectivity index (χ3v) is 2.93. The fourth-order valence-electron chi connectivity index (χ4n) is 1.81. The smallest absolute Gasteiger partial charge is 0.406 e. The van der Waals surface area contributed by atoms with Gasteiger partial charge in [-0.25, -0.2) is 0 Å². The molecule has 108 valence electrons. The van der Waals surface area contributed by atoms with Crippen molar-refractivity contribution in [3.05, 3.63) is 63.8 Å². The molecule has 2 rings (SSSR count). The maximum absolute atomic E-state index is 12.2. The molecule has 21 heavy (non-hydrogen) atoms. The summed E-state index contributed by atoms with van der Waals surface area (Å²) in [6, 6.07) is 10.00. The molecule has 6 nitrogen and oxygen atoms in total. The third-order valence-electron chi connectivity index (χ3n) is 2.93. The van der Waals surface area contributed by atoms with Crippen LogP contribution in [0, 0.1) is 17.0 Å². The minimum absolute atomic E-state index is 0.0181. The quantitative estimate of drug-likeness (QED) is 0.479. The van der Waals surface area contributed by atoms with Gasteiger partial charge in [-0.05, 0) is 35.9 Å². The Morgan fingerprint density at radius 1 is 1.29 bits per heavy atom. The average Bonchev–Trinajstić information content (AvgIpc) is 2.47. The van der Waals surface area contributed by atoms with Gasteiger partial charge in [0, 0.05) is 5.56 Å². The van der Waals surface area contributed by atoms with Crippen LogP contribution in [0.3, 0.4) is 0 Å². The molecule has 0 amide bonds. The van der Waals surface area contributed by atoms with Gasteiger partial charge in [0.25, 0.3) is 0 Å². The van der Waals surface area contributed by atoms with Crippen LogP contribution in [0.1, 0.15) is 22.8 Å². The zero-order chi connectivity index (χ0) is 15.4. The van der Waals surface area contributed by atoms with Gasteiger partial charge < -0.3 is 14.9 Å². The van der Waals surface area contributed by atoms with Gasteiger partial charge in [-0.2, -0.15) is 0 Å². The molecule has 0 unspecified atom stereocenters. The first-order valence-electron chi connectivity index (χ1n) is 6.36. The molecule has 2 aromatic rings. The lowest BCUT2D eigenvalue weighted by molar-refractivity contribution is -0.390. The van der Waals surface area contributed by atoms with E-state index >= 15 is 0 Å². The maximum atomic E-state index is 12.2. The van der Waals surface area contributed by atoms with Crippen molar-refractivity contribution in [2.75, 3.05) is 0 Å². The Labute approximate surface area is 121 Å². The van der Waals surface area contributed by atoms with Crippen molar-refractivity contribution in [1.82, 2.24) is 4.98 Å². The lowest BCUT2D eigenvalue weighted by Crippen LogP contribution is -2.24. The van der Waals surface area contributed by atoms with Crippen molar-refractivity contribution in [3.8, 4) is 5.75 Å². The first kappa shape index (κ1) is 14.6. The molecule has 0 aliphatic heterocycles. The van der Waals surface area contributed by atoms with Crippen molar-refractivity contribution < 1.29 is 14.5 Å². The van der Waals surface area contributed by atoms with Gasteiger partial charge in [-0.1, -0.05) is 29.8 Å². The van der Waals surface area contributed by atoms with E-state index in [2.05, 4.69) is 4.98 Å². The first-order valence-corrected chi connectivity index (χ1v) is 6.36. The summed E-state index contributed by atoms with van der Waals surface area (Å²) in [5.41, 5.74) is 1.54. The Balaban J connectivity index is 2.18. The number of nitro groups is 1. The standard InChI is InChI=1S/C15H14N2O4/c1-10-5-7-12(8-6-10)14(18)11(2)21-13-4-3-9-16-15(13)17(19)20/h3-9,11H,1-2H3/t11-/m1/s1. The molecular formula is C15H14N2O4. The zero-order valence-electron chi connectivity index (χ0n) is 11.6. The van der Waals surface area contributed by atoms with Crippen molar-refractivity contribution >= 4 is 11.6 Å². The van der Waals surface area contributed by atoms with E-state index in [1.165, 1.54) is 18.3 Å². The van der Waals surface area contributed by atoms with E-state index in [1.807, 2.05) is 19.1 Å². The van der Waals surface area contributed by atoms with Crippen molar-refractivity contribution in [1.29, 1.82) is 0 Å². The minimum atomic E-state index is -0.837. The second-order valence-electron chi connectivity index (χ2n) is 4.57. The van der Waals surface area contributed by atoms with E-state index < -0.39 is 16.8 Å². The Kier molecular flexibility index (Phi) is 4.27. The summed E-state index contributed by atoms with van der Waals surface area (Å²) in [7, 11) is 0. The van der Waals surface area contributed by atoms with E-state index in [0.717, 1.165) is 5.56 Å². The van der Waals surface area contributed by atoms with Gasteiger partial charge in [0.05, 0.1) is 0 Å². The van der Waals surface area contributed by atoms with E-state index in [9.17, 15) is 14.9 Å². The molecule has 0 bridgehead atoms. The number of benzene rings is 1. The van der Waals surface area contributed by atoms with Gasteiger partial charge in [-0.3, -0.25) is 4.79 Å². The highest BCUT2D eigenvalue weighted by Gasteiger charge is 2.22. The van der Waals surface area contributed by atoms with Crippen LogP contribution in [0.5, 0.6) is 5.75 Å². The van der Waals surface area contributed by atoms with Crippen LogP contribution >= 0.6 is 0 Å². The molecule has 0 fully saturated rings. The second kappa shape index (κ2) is 6.13. The van der Waals surface area contributed by atoms with Gasteiger partial charge in [0.2, 0.25) is 11.5 Å². The highest BCUT2D eigenvalue weighted by Crippen LogP contribution is 2.24. The summed E-state index contributed by atoms with van der Waals surface area (Å²) in [6.07, 6.45) is 0.466. The fourth-order valence-corrected chi connectivity index (χ4v) is 1.81. The van der Waals surface area contributed by atoms with Gasteiger partial charge >= 0.3 is 5.82 Å². The Morgan fingerprint density at radius 3 is 2.57 bits per heavy atom. The number of rotatable bonds is 5. The van der Waals surface area contributed by atoms with Gasteiger partial charge in [0.1, 0.15) is 6.20 Å². The number of carbonyl (C=O) groups is 1. The maximum Gasteiger partial charge on any atom is 0.406 e. The topological polar surface area (TPSA) is 82.3 Å². The average molecular weight is 286 g/mol. The lowest BCUT2D eigenvalue weighted by atomic mass is 10.1. The summed E-state index contributed by atoms with van der Waals surface area (Å²) in [5.74, 6) is -0.662. The molecule has 6 heteroatoms. The molecule has 1 heterocycles. The van der Waals surface area contributed by atoms with E-state index in [0.29, 0.717) is 5.56 Å². The lowest BCUT2D eigenvalue weighted by Gasteiger charge is -2.13. The largest absolute Gasteiger partial charge is 0.474 e. The number of hydrogen-bond donors (Lipinski definition) is 0. The monoisotopic (exact) mass is 286 g/mol. The molecule has 0 saturated carbocycles. The predicted molar refractivity (Wildman–Crippen MR) is 76.5 cm³/mol. The molecule has 1 atom stereocenters. The molecule has 0 aliphatic rings. The first-order chi connectivity index (χ1) is 9.99. The van der Waals surface area contributed by atoms with Crippen LogP contribution in [0.4, 0.5) is 5.82 Å². The number of carbonyl (C=O) groups excluding carboxylic acids is 1. The molecule has 0 aliphatic carbocycles. The summed E-state index contributed by atoms with van der Waals surface area (Å²) >= 11 is 0. The summed E-state index contributed by atoms with van der Waals surface area (Å²) < 4.78 is 5.40. The molecule has 0 saturated heterocycles. The van der Waals surface area contributed by atoms with Crippen LogP contribution in [0.2, 0.25) is 0 Å². The van der Waals surface area contributed by atoms with Gasteiger partial charge in [0.15, 0.2) is 6.10 Å². The molecule has 0 spiro atoms. The van der Waals surface area contributed by atoms with Crippen molar-refractivity contribution in [3.63, 3.8) is 0 Å². The number of hydrogen-bond acceptors (Lipinski definition) is 5. The highest BCUT2D eigenvalue weighted by molar-refractivity contribution is 5.99. The van der Waals surface area contributed by atoms with Crippen molar-refractivity contribution in [2.24, 2.45) is 0 Å². The third kappa shape index (κ3) is 3.42. The number of Topliss-reactive ketones (excluding diaryl/α,β-unsaturated/α-hetero) is 1. The number of nitrogens with zero attached hydrogens (tertiary/aromatic N) is 2. The minimum Gasteiger partial charge on any atom is -0.474 e. The zero-order valence-corrected chi connectivity index (χ0v) is 11.6. The number of ether oxygens (including phenoxy) is 1. The highest BCUT2D eigenvalue weighted by atomic mass is 16.6. The summed E-state index contributed by atoms with van der Waals surface area (Å²) in [6.45, 7) is 3.48. The predicted octanol–water partition coefficient (Wildman–Crippen LogP) is 2.95. The van der Waals surface area contributed by atoms with E-state index in [1.54, 1.807) is 19.1 Å². The molecule has 1 aromatic heterocycles. The second-order valence-corrected chi connectivity index (χ2v) is 4.57. The number of aryl methyl sites for hydroxylation is 1. The Morgan fingerprint density at radius 2 is 1.95 bits per heavy atom. The molecular weight excluding hydrogens is 272 g/mol. The Bertz CT molecular complexity index is 668. The van der Waals surface area contributed by atoms with Crippen LogP contribution in [-0.2, 0) is 0 Å². The number of ketones is 1. The summed E-state index contributed by atoms with van der Waals surface area (Å²) in [5, 5.41) is 10.9. The summed E-state index contributed by atoms with van der Waals surface area (Å²) in [4.78, 5) is 26.1.